The predicted molar refractivity (Wildman–Crippen MR) is 158 cm³/mol. The zero-order chi connectivity index (χ0) is 27.7. The summed E-state index contributed by atoms with van der Waals surface area (Å²) in [5.41, 5.74) is 6.87. The number of carbonyl (C=O) groups excluding carboxylic acids is 2. The lowest BCUT2D eigenvalue weighted by molar-refractivity contribution is -0.126. The van der Waals surface area contributed by atoms with Gasteiger partial charge in [-0.2, -0.15) is 0 Å². The number of allylic oxidation sites excluding steroid dienone is 2. The molecule has 4 bridgehead atoms. The van der Waals surface area contributed by atoms with Crippen LogP contribution in [0.1, 0.15) is 89.5 Å². The van der Waals surface area contributed by atoms with E-state index in [1.807, 2.05) is 0 Å². The number of hydrogen-bond donors (Lipinski definition) is 0. The highest BCUT2D eigenvalue weighted by atomic mass is 16.1. The lowest BCUT2D eigenvalue weighted by Gasteiger charge is -2.31. The van der Waals surface area contributed by atoms with E-state index in [2.05, 4.69) is 116 Å². The van der Waals surface area contributed by atoms with E-state index >= 15 is 0 Å². The fourth-order valence-electron chi connectivity index (χ4n) is 7.87. The third-order valence-corrected chi connectivity index (χ3v) is 11.5. The van der Waals surface area contributed by atoms with Crippen molar-refractivity contribution in [1.29, 1.82) is 0 Å². The van der Waals surface area contributed by atoms with Crippen LogP contribution in [0.5, 0.6) is 0 Å². The second-order valence-corrected chi connectivity index (χ2v) is 14.0. The van der Waals surface area contributed by atoms with Crippen LogP contribution in [0.25, 0.3) is 12.2 Å². The lowest BCUT2D eigenvalue weighted by atomic mass is 9.70. The molecular weight excluding hydrogens is 464 g/mol. The zero-order valence-corrected chi connectivity index (χ0v) is 24.6. The second kappa shape index (κ2) is 8.90. The number of hydrogen-bond acceptors (Lipinski definition) is 2. The van der Waals surface area contributed by atoms with Crippen LogP contribution in [-0.4, -0.2) is 11.6 Å². The first-order valence-corrected chi connectivity index (χ1v) is 14.4. The Hall–Kier alpha value is -2.74. The summed E-state index contributed by atoms with van der Waals surface area (Å²) >= 11 is 0. The third kappa shape index (κ3) is 3.81. The molecule has 200 valence electrons. The van der Waals surface area contributed by atoms with Gasteiger partial charge < -0.3 is 0 Å². The Morgan fingerprint density at radius 2 is 0.895 bits per heavy atom. The van der Waals surface area contributed by atoms with Gasteiger partial charge in [-0.3, -0.25) is 9.59 Å². The maximum atomic E-state index is 12.7. The van der Waals surface area contributed by atoms with Crippen molar-refractivity contribution < 1.29 is 9.59 Å². The van der Waals surface area contributed by atoms with Crippen molar-refractivity contribution in [3.8, 4) is 0 Å². The molecule has 4 aliphatic carbocycles. The smallest absolute Gasteiger partial charge is 0.165 e. The first kappa shape index (κ1) is 26.9. The van der Waals surface area contributed by atoms with Crippen LogP contribution < -0.4 is 0 Å². The van der Waals surface area contributed by atoms with E-state index in [0.717, 1.165) is 48.0 Å². The van der Waals surface area contributed by atoms with Crippen LogP contribution in [0.4, 0.5) is 0 Å². The monoisotopic (exact) mass is 508 g/mol. The van der Waals surface area contributed by atoms with Crippen molar-refractivity contribution in [3.63, 3.8) is 0 Å². The molecular formula is C36H44O2. The molecule has 0 saturated heterocycles. The van der Waals surface area contributed by atoms with Gasteiger partial charge in [0.05, 0.1) is 0 Å². The minimum absolute atomic E-state index is 0.112. The quantitative estimate of drug-likeness (QED) is 0.380. The van der Waals surface area contributed by atoms with Gasteiger partial charge in [-0.25, -0.2) is 0 Å². The number of ketones is 2. The van der Waals surface area contributed by atoms with Crippen LogP contribution >= 0.6 is 0 Å². The summed E-state index contributed by atoms with van der Waals surface area (Å²) in [6.45, 7) is 17.5. The molecule has 0 amide bonds. The molecule has 2 aromatic rings. The number of benzene rings is 2. The molecule has 2 aromatic carbocycles. The van der Waals surface area contributed by atoms with Crippen LogP contribution in [0.3, 0.4) is 0 Å². The SMILES string of the molecule is Cc1ccc(/C=C2/C(=O)C3(C)CCC2C3(C)C)cc1.Cc1ccc(/C=C2\C(=O)C3(C)CCC2C3(C)C)cc1. The Kier molecular flexibility index (Phi) is 6.29. The summed E-state index contributed by atoms with van der Waals surface area (Å²) in [4.78, 5) is 25.4. The van der Waals surface area contributed by atoms with E-state index in [4.69, 9.17) is 0 Å². The second-order valence-electron chi connectivity index (χ2n) is 14.0. The summed E-state index contributed by atoms with van der Waals surface area (Å²) in [5, 5.41) is 0. The molecule has 0 spiro atoms. The van der Waals surface area contributed by atoms with Gasteiger partial charge >= 0.3 is 0 Å². The summed E-state index contributed by atoms with van der Waals surface area (Å²) < 4.78 is 0. The van der Waals surface area contributed by atoms with Crippen molar-refractivity contribution >= 4 is 23.7 Å². The van der Waals surface area contributed by atoms with Gasteiger partial charge in [-0.1, -0.05) is 101 Å². The van der Waals surface area contributed by atoms with Crippen molar-refractivity contribution in [2.45, 2.75) is 81.1 Å². The van der Waals surface area contributed by atoms with Crippen molar-refractivity contribution in [2.24, 2.45) is 33.5 Å². The van der Waals surface area contributed by atoms with E-state index in [1.165, 1.54) is 11.1 Å². The van der Waals surface area contributed by atoms with Crippen LogP contribution in [0, 0.1) is 47.3 Å². The van der Waals surface area contributed by atoms with E-state index in [1.54, 1.807) is 0 Å². The molecule has 4 saturated carbocycles. The van der Waals surface area contributed by atoms with Gasteiger partial charge in [0.1, 0.15) is 0 Å². The molecule has 4 unspecified atom stereocenters. The van der Waals surface area contributed by atoms with Gasteiger partial charge in [0.25, 0.3) is 0 Å². The van der Waals surface area contributed by atoms with E-state index in [9.17, 15) is 9.59 Å². The molecule has 6 rings (SSSR count). The first-order valence-electron chi connectivity index (χ1n) is 14.4. The summed E-state index contributed by atoms with van der Waals surface area (Å²) in [6, 6.07) is 16.9. The molecule has 2 nitrogen and oxygen atoms in total. The molecule has 0 heterocycles. The van der Waals surface area contributed by atoms with Crippen molar-refractivity contribution in [2.75, 3.05) is 0 Å². The maximum absolute atomic E-state index is 12.7. The molecule has 0 radical (unpaired) electrons. The number of rotatable bonds is 2. The van der Waals surface area contributed by atoms with Crippen LogP contribution in [0.15, 0.2) is 59.7 Å². The standard InChI is InChI=1S/2C18H22O/c2*1-12-5-7-13(8-6-12)11-14-15-9-10-18(4,16(14)19)17(15,2)3/h2*5-8,11,15H,9-10H2,1-4H3/b14-11+;14-11-. The molecule has 0 N–H and O–H groups in total. The molecule has 4 fully saturated rings. The Balaban J connectivity index is 0.000000155. The third-order valence-electron chi connectivity index (χ3n) is 11.5. The normalized spacial score (nSPS) is 34.2. The van der Waals surface area contributed by atoms with Gasteiger partial charge in [-0.05, 0) is 96.6 Å². The lowest BCUT2D eigenvalue weighted by Crippen LogP contribution is -2.32. The van der Waals surface area contributed by atoms with Gasteiger partial charge in [0.2, 0.25) is 0 Å². The Morgan fingerprint density at radius 3 is 1.16 bits per heavy atom. The van der Waals surface area contributed by atoms with Crippen LogP contribution in [0.2, 0.25) is 0 Å². The molecule has 0 aliphatic heterocycles. The summed E-state index contributed by atoms with van der Waals surface area (Å²) in [6.07, 6.45) is 8.67. The Bertz CT molecular complexity index is 1230. The predicted octanol–water partition coefficient (Wildman–Crippen LogP) is 8.81. The van der Waals surface area contributed by atoms with Crippen molar-refractivity contribution in [3.05, 3.63) is 81.9 Å². The minimum Gasteiger partial charge on any atom is -0.294 e. The molecule has 0 aromatic heterocycles. The molecule has 38 heavy (non-hydrogen) atoms. The number of carbonyl (C=O) groups is 2. The van der Waals surface area contributed by atoms with Crippen LogP contribution in [-0.2, 0) is 9.59 Å². The average molecular weight is 509 g/mol. The van der Waals surface area contributed by atoms with Gasteiger partial charge in [0.15, 0.2) is 11.6 Å². The minimum atomic E-state index is -0.145. The van der Waals surface area contributed by atoms with E-state index in [-0.39, 0.29) is 21.7 Å². The first-order chi connectivity index (χ1) is 17.7. The maximum Gasteiger partial charge on any atom is 0.165 e. The molecule has 4 atom stereocenters. The molecule has 4 aliphatic rings. The van der Waals surface area contributed by atoms with Crippen molar-refractivity contribution in [1.82, 2.24) is 0 Å². The summed E-state index contributed by atoms with van der Waals surface area (Å²) in [7, 11) is 0. The zero-order valence-electron chi connectivity index (χ0n) is 24.6. The number of fused-ring (bicyclic) bond motifs is 4. The Labute approximate surface area is 229 Å². The fourth-order valence-corrected chi connectivity index (χ4v) is 7.87. The van der Waals surface area contributed by atoms with Gasteiger partial charge in [0, 0.05) is 10.8 Å². The highest BCUT2D eigenvalue weighted by molar-refractivity contribution is 6.08. The largest absolute Gasteiger partial charge is 0.294 e. The van der Waals surface area contributed by atoms with Gasteiger partial charge in [-0.15, -0.1) is 0 Å². The Morgan fingerprint density at radius 1 is 0.579 bits per heavy atom. The average Bonchev–Trinajstić information content (AvgIpc) is 3.35. The molecule has 2 heteroatoms. The van der Waals surface area contributed by atoms with E-state index in [0.29, 0.717) is 23.4 Å². The highest BCUT2D eigenvalue weighted by Crippen LogP contribution is 2.66. The number of aryl methyl sites for hydroxylation is 2. The fraction of sp³-hybridized carbons (Fsp3) is 0.500. The van der Waals surface area contributed by atoms with E-state index < -0.39 is 0 Å². The summed E-state index contributed by atoms with van der Waals surface area (Å²) in [5.74, 6) is 1.64. The highest BCUT2D eigenvalue weighted by Gasteiger charge is 2.64. The topological polar surface area (TPSA) is 34.1 Å². The number of Topliss-reactive ketones (excluding diaryl/α,β-unsaturated/α-hetero) is 2.